The van der Waals surface area contributed by atoms with Gasteiger partial charge < -0.3 is 10.2 Å². The van der Waals surface area contributed by atoms with Crippen LogP contribution in [0.1, 0.15) is 10.6 Å². The number of carbonyl (C=O) groups excluding carboxylic acids is 1. The minimum atomic E-state index is 0.375. The average Bonchev–Trinajstić information content (AvgIpc) is 2.72. The smallest absolute Gasteiger partial charge is 0.185 e. The number of aldehydes is 1. The maximum absolute atomic E-state index is 9.77. The third kappa shape index (κ3) is 3.58. The molecule has 0 aliphatic heterocycles. The Labute approximate surface area is 82.2 Å². The molecule has 2 aromatic rings. The molecule has 0 bridgehead atoms. The van der Waals surface area contributed by atoms with Crippen molar-refractivity contribution in [3.63, 3.8) is 0 Å². The number of para-hydroxylation sites is 1. The molecule has 0 saturated heterocycles. The number of rotatable bonds is 1. The molecule has 0 atom stereocenters. The predicted octanol–water partition coefficient (Wildman–Crippen LogP) is 2.36. The van der Waals surface area contributed by atoms with Gasteiger partial charge in [0.25, 0.3) is 0 Å². The molecule has 0 spiro atoms. The van der Waals surface area contributed by atoms with Gasteiger partial charge in [-0.1, -0.05) is 18.2 Å². The lowest BCUT2D eigenvalue weighted by Crippen LogP contribution is -1.79. The number of anilines is 1. The summed E-state index contributed by atoms with van der Waals surface area (Å²) in [5.41, 5.74) is 6.18. The fourth-order valence-electron chi connectivity index (χ4n) is 0.811. The molecule has 3 nitrogen and oxygen atoms in total. The van der Waals surface area contributed by atoms with Gasteiger partial charge in [0.1, 0.15) is 0 Å². The van der Waals surface area contributed by atoms with E-state index in [4.69, 9.17) is 5.73 Å². The zero-order chi connectivity index (χ0) is 10.2. The van der Waals surface area contributed by atoms with E-state index in [1.165, 1.54) is 6.26 Å². The van der Waals surface area contributed by atoms with Crippen LogP contribution >= 0.6 is 0 Å². The summed E-state index contributed by atoms with van der Waals surface area (Å²) in [6.07, 6.45) is 2.13. The van der Waals surface area contributed by atoms with Crippen LogP contribution in [0.4, 0.5) is 5.69 Å². The molecule has 1 aromatic heterocycles. The van der Waals surface area contributed by atoms with Crippen molar-refractivity contribution in [3.8, 4) is 0 Å². The number of furan rings is 1. The van der Waals surface area contributed by atoms with E-state index >= 15 is 0 Å². The molecule has 0 aliphatic carbocycles. The third-order valence-electron chi connectivity index (χ3n) is 1.46. The molecule has 2 N–H and O–H groups in total. The Morgan fingerprint density at radius 3 is 2.07 bits per heavy atom. The number of carbonyl (C=O) groups is 1. The van der Waals surface area contributed by atoms with Crippen molar-refractivity contribution in [2.45, 2.75) is 0 Å². The highest BCUT2D eigenvalue weighted by Gasteiger charge is 1.84. The molecule has 0 fully saturated rings. The van der Waals surface area contributed by atoms with Gasteiger partial charge in [-0.15, -0.1) is 0 Å². The zero-order valence-corrected chi connectivity index (χ0v) is 7.59. The van der Waals surface area contributed by atoms with Crippen LogP contribution in [0.2, 0.25) is 0 Å². The highest BCUT2D eigenvalue weighted by Crippen LogP contribution is 1.96. The first-order valence-electron chi connectivity index (χ1n) is 4.12. The maximum Gasteiger partial charge on any atom is 0.185 e. The monoisotopic (exact) mass is 189 g/mol. The Balaban J connectivity index is 0.000000140. The van der Waals surface area contributed by atoms with E-state index in [1.54, 1.807) is 12.1 Å². The molecule has 72 valence electrons. The normalized spacial score (nSPS) is 8.57. The Morgan fingerprint density at radius 2 is 1.79 bits per heavy atom. The third-order valence-corrected chi connectivity index (χ3v) is 1.46. The summed E-state index contributed by atoms with van der Waals surface area (Å²) in [6.45, 7) is 0. The fourth-order valence-corrected chi connectivity index (χ4v) is 0.811. The lowest BCUT2D eigenvalue weighted by molar-refractivity contribution is 0.110. The van der Waals surface area contributed by atoms with E-state index in [-0.39, 0.29) is 0 Å². The van der Waals surface area contributed by atoms with E-state index in [1.807, 2.05) is 30.3 Å². The van der Waals surface area contributed by atoms with Gasteiger partial charge in [0.2, 0.25) is 0 Å². The molecule has 3 heteroatoms. The van der Waals surface area contributed by atoms with Gasteiger partial charge in [0, 0.05) is 5.69 Å². The molecule has 2 rings (SSSR count). The van der Waals surface area contributed by atoms with Crippen molar-refractivity contribution >= 4 is 12.0 Å². The molecule has 14 heavy (non-hydrogen) atoms. The van der Waals surface area contributed by atoms with Gasteiger partial charge in [-0.3, -0.25) is 4.79 Å². The Bertz CT molecular complexity index is 354. The van der Waals surface area contributed by atoms with E-state index in [0.717, 1.165) is 5.69 Å². The van der Waals surface area contributed by atoms with E-state index in [2.05, 4.69) is 4.42 Å². The van der Waals surface area contributed by atoms with E-state index in [0.29, 0.717) is 12.0 Å². The molecule has 0 radical (unpaired) electrons. The first-order valence-corrected chi connectivity index (χ1v) is 4.12. The minimum absolute atomic E-state index is 0.375. The van der Waals surface area contributed by atoms with E-state index < -0.39 is 0 Å². The van der Waals surface area contributed by atoms with Crippen LogP contribution < -0.4 is 5.73 Å². The SMILES string of the molecule is Nc1ccccc1.O=Cc1ccco1. The van der Waals surface area contributed by atoms with Crippen molar-refractivity contribution in [2.75, 3.05) is 5.73 Å². The highest BCUT2D eigenvalue weighted by atomic mass is 16.3. The van der Waals surface area contributed by atoms with E-state index in [9.17, 15) is 4.79 Å². The summed E-state index contributed by atoms with van der Waals surface area (Å²) >= 11 is 0. The highest BCUT2D eigenvalue weighted by molar-refractivity contribution is 5.69. The molecule has 0 unspecified atom stereocenters. The second-order valence-corrected chi connectivity index (χ2v) is 2.54. The first kappa shape index (κ1) is 10.1. The Kier molecular flexibility index (Phi) is 4.01. The average molecular weight is 189 g/mol. The zero-order valence-electron chi connectivity index (χ0n) is 7.59. The van der Waals surface area contributed by atoms with Gasteiger partial charge in [-0.05, 0) is 24.3 Å². The first-order chi connectivity index (χ1) is 6.83. The summed E-state index contributed by atoms with van der Waals surface area (Å²) in [6, 6.07) is 12.8. The fraction of sp³-hybridized carbons (Fsp3) is 0. The molecule has 1 heterocycles. The van der Waals surface area contributed by atoms with Gasteiger partial charge in [0.05, 0.1) is 6.26 Å². The number of nitrogens with two attached hydrogens (primary N) is 1. The number of hydrogen-bond donors (Lipinski definition) is 1. The van der Waals surface area contributed by atoms with Crippen LogP contribution in [0, 0.1) is 0 Å². The minimum Gasteiger partial charge on any atom is -0.462 e. The topological polar surface area (TPSA) is 56.2 Å². The van der Waals surface area contributed by atoms with Crippen LogP contribution in [0.3, 0.4) is 0 Å². The van der Waals surface area contributed by atoms with Crippen molar-refractivity contribution in [3.05, 3.63) is 54.5 Å². The van der Waals surface area contributed by atoms with Crippen LogP contribution in [-0.2, 0) is 0 Å². The summed E-state index contributed by atoms with van der Waals surface area (Å²) in [7, 11) is 0. The van der Waals surface area contributed by atoms with Crippen molar-refractivity contribution in [1.29, 1.82) is 0 Å². The van der Waals surface area contributed by atoms with Crippen LogP contribution in [0.25, 0.3) is 0 Å². The van der Waals surface area contributed by atoms with Crippen LogP contribution in [-0.4, -0.2) is 6.29 Å². The molecular formula is C11H11NO2. The second-order valence-electron chi connectivity index (χ2n) is 2.54. The lowest BCUT2D eigenvalue weighted by atomic mass is 10.3. The molecule has 0 aliphatic rings. The number of hydrogen-bond acceptors (Lipinski definition) is 3. The molecule has 0 amide bonds. The Morgan fingerprint density at radius 1 is 1.07 bits per heavy atom. The van der Waals surface area contributed by atoms with Gasteiger partial charge in [0.15, 0.2) is 12.0 Å². The summed E-state index contributed by atoms with van der Waals surface area (Å²) in [4.78, 5) is 9.77. The Hall–Kier alpha value is -2.03. The van der Waals surface area contributed by atoms with Crippen LogP contribution in [0.5, 0.6) is 0 Å². The van der Waals surface area contributed by atoms with Crippen molar-refractivity contribution < 1.29 is 9.21 Å². The maximum atomic E-state index is 9.77. The quantitative estimate of drug-likeness (QED) is 0.553. The number of benzene rings is 1. The molecule has 0 saturated carbocycles. The largest absolute Gasteiger partial charge is 0.462 e. The van der Waals surface area contributed by atoms with Gasteiger partial charge in [-0.25, -0.2) is 0 Å². The molecular weight excluding hydrogens is 178 g/mol. The standard InChI is InChI=1S/C6H7N.C5H4O2/c7-6-4-2-1-3-5-6;6-4-5-2-1-3-7-5/h1-5H,7H2;1-4H. The summed E-state index contributed by atoms with van der Waals surface area (Å²) < 4.78 is 4.61. The van der Waals surface area contributed by atoms with Crippen molar-refractivity contribution in [2.24, 2.45) is 0 Å². The van der Waals surface area contributed by atoms with Gasteiger partial charge in [-0.2, -0.15) is 0 Å². The summed E-state index contributed by atoms with van der Waals surface area (Å²) in [5, 5.41) is 0. The lowest BCUT2D eigenvalue weighted by Gasteiger charge is -1.83. The summed E-state index contributed by atoms with van der Waals surface area (Å²) in [5.74, 6) is 0.375. The predicted molar refractivity (Wildman–Crippen MR) is 54.9 cm³/mol. The molecule has 1 aromatic carbocycles. The van der Waals surface area contributed by atoms with Gasteiger partial charge >= 0.3 is 0 Å². The number of nitrogen functional groups attached to an aromatic ring is 1. The van der Waals surface area contributed by atoms with Crippen LogP contribution in [0.15, 0.2) is 53.1 Å². The second kappa shape index (κ2) is 5.59. The van der Waals surface area contributed by atoms with Crippen molar-refractivity contribution in [1.82, 2.24) is 0 Å².